The normalized spacial score (nSPS) is 11.5. The Balaban J connectivity index is 0.861. The first kappa shape index (κ1) is 36.8. The smallest absolute Gasteiger partial charge is 0.0546 e. The maximum atomic E-state index is 2.38. The Morgan fingerprint density at radius 1 is 0.242 bits per heavy atom. The third kappa shape index (κ3) is 6.94. The van der Waals surface area contributed by atoms with Crippen molar-refractivity contribution in [3.63, 3.8) is 0 Å². The van der Waals surface area contributed by atoms with E-state index < -0.39 is 0 Å². The average Bonchev–Trinajstić information content (AvgIpc) is 3.35. The van der Waals surface area contributed by atoms with E-state index in [0.717, 1.165) is 45.3 Å². The molecule has 2 nitrogen and oxygen atoms in total. The second-order valence-corrected chi connectivity index (χ2v) is 15.8. The van der Waals surface area contributed by atoms with Crippen LogP contribution in [0.4, 0.5) is 34.1 Å². The van der Waals surface area contributed by atoms with Crippen molar-refractivity contribution in [1.82, 2.24) is 0 Å². The number of fused-ring (bicyclic) bond motifs is 6. The Morgan fingerprint density at radius 2 is 0.548 bits per heavy atom. The summed E-state index contributed by atoms with van der Waals surface area (Å²) in [5, 5.41) is 9.95. The minimum atomic E-state index is 1.11. The lowest BCUT2D eigenvalue weighted by Crippen LogP contribution is -2.10. The molecule has 0 aliphatic carbocycles. The van der Waals surface area contributed by atoms with Gasteiger partial charge in [-0.1, -0.05) is 194 Å². The molecule has 62 heavy (non-hydrogen) atoms. The van der Waals surface area contributed by atoms with Gasteiger partial charge in [0.15, 0.2) is 0 Å². The number of rotatable bonds is 9. The first-order valence-corrected chi connectivity index (χ1v) is 21.3. The first-order chi connectivity index (χ1) is 30.7. The van der Waals surface area contributed by atoms with Crippen LogP contribution in [0.1, 0.15) is 11.1 Å². The SMILES string of the molecule is C(=C\c1ccc(N(c2ccccc2)c2cc3ccccc3c3ccccc23)cc1)/c1ccc(-c2ccc(N(c3ccccc3)c3cc4ccccc4c4ccccc34)cc2)cc1. The van der Waals surface area contributed by atoms with Gasteiger partial charge in [0.2, 0.25) is 0 Å². The average molecular weight is 791 g/mol. The molecule has 0 spiro atoms. The van der Waals surface area contributed by atoms with Crippen LogP contribution >= 0.6 is 0 Å². The van der Waals surface area contributed by atoms with Gasteiger partial charge in [-0.15, -0.1) is 0 Å². The second-order valence-electron chi connectivity index (χ2n) is 15.8. The van der Waals surface area contributed by atoms with Crippen LogP contribution in [0.2, 0.25) is 0 Å². The van der Waals surface area contributed by atoms with Crippen LogP contribution in [0, 0.1) is 0 Å². The predicted octanol–water partition coefficient (Wildman–Crippen LogP) is 17.1. The molecule has 11 rings (SSSR count). The van der Waals surface area contributed by atoms with Crippen molar-refractivity contribution < 1.29 is 0 Å². The van der Waals surface area contributed by atoms with E-state index >= 15 is 0 Å². The fourth-order valence-corrected chi connectivity index (χ4v) is 8.96. The highest BCUT2D eigenvalue weighted by Gasteiger charge is 2.19. The molecule has 0 heterocycles. The minimum absolute atomic E-state index is 1.11. The molecule has 0 aromatic heterocycles. The second kappa shape index (κ2) is 16.1. The summed E-state index contributed by atoms with van der Waals surface area (Å²) in [6.45, 7) is 0. The third-order valence-electron chi connectivity index (χ3n) is 12.0. The van der Waals surface area contributed by atoms with Crippen molar-refractivity contribution in [2.24, 2.45) is 0 Å². The van der Waals surface area contributed by atoms with E-state index in [1.54, 1.807) is 0 Å². The number of nitrogens with zero attached hydrogens (tertiary/aromatic N) is 2. The number of para-hydroxylation sites is 2. The molecule has 0 amide bonds. The quantitative estimate of drug-likeness (QED) is 0.106. The van der Waals surface area contributed by atoms with Crippen molar-refractivity contribution in [2.45, 2.75) is 0 Å². The van der Waals surface area contributed by atoms with E-state index in [1.165, 1.54) is 54.2 Å². The number of hydrogen-bond acceptors (Lipinski definition) is 2. The summed E-state index contributed by atoms with van der Waals surface area (Å²) in [5.74, 6) is 0. The van der Waals surface area contributed by atoms with Gasteiger partial charge in [-0.05, 0) is 115 Å². The molecule has 0 fully saturated rings. The summed E-state index contributed by atoms with van der Waals surface area (Å²) in [4.78, 5) is 4.75. The van der Waals surface area contributed by atoms with Crippen LogP contribution in [-0.2, 0) is 0 Å². The fourth-order valence-electron chi connectivity index (χ4n) is 8.96. The maximum absolute atomic E-state index is 2.38. The van der Waals surface area contributed by atoms with Gasteiger partial charge in [0.25, 0.3) is 0 Å². The van der Waals surface area contributed by atoms with Gasteiger partial charge in [0, 0.05) is 33.5 Å². The first-order valence-electron chi connectivity index (χ1n) is 21.3. The molecule has 0 saturated carbocycles. The predicted molar refractivity (Wildman–Crippen MR) is 267 cm³/mol. The summed E-state index contributed by atoms with van der Waals surface area (Å²) < 4.78 is 0. The van der Waals surface area contributed by atoms with E-state index in [0.29, 0.717) is 0 Å². The Morgan fingerprint density at radius 3 is 0.984 bits per heavy atom. The minimum Gasteiger partial charge on any atom is -0.310 e. The molecular formula is C60H42N2. The summed E-state index contributed by atoms with van der Waals surface area (Å²) in [6, 6.07) is 87.5. The zero-order valence-corrected chi connectivity index (χ0v) is 34.1. The highest BCUT2D eigenvalue weighted by atomic mass is 15.1. The standard InChI is InChI=1S/C60H42N2/c1-3-17-49(18-4-1)61(59-41-47-15-7-9-21-53(47)55-23-11-13-25-57(55)59)51-37-31-44(32-38-51)28-27-43-29-33-45(34-30-43)46-35-39-52(40-36-46)62(50-19-5-2-6-20-50)60-42-48-16-8-10-22-54(48)56-24-12-14-26-58(56)60/h1-42H/b28-27+. The number of hydrogen-bond donors (Lipinski definition) is 0. The van der Waals surface area contributed by atoms with Crippen molar-refractivity contribution in [3.05, 3.63) is 254 Å². The lowest BCUT2D eigenvalue weighted by Gasteiger charge is -2.27. The van der Waals surface area contributed by atoms with Crippen LogP contribution in [0.5, 0.6) is 0 Å². The molecule has 0 atom stereocenters. The molecule has 0 radical (unpaired) electrons. The van der Waals surface area contributed by atoms with Gasteiger partial charge in [0.1, 0.15) is 0 Å². The van der Waals surface area contributed by atoms with E-state index in [9.17, 15) is 0 Å². The van der Waals surface area contributed by atoms with E-state index in [4.69, 9.17) is 0 Å². The summed E-state index contributed by atoms with van der Waals surface area (Å²) in [7, 11) is 0. The number of anilines is 6. The Kier molecular flexibility index (Phi) is 9.57. The van der Waals surface area contributed by atoms with Crippen LogP contribution in [0.25, 0.3) is 66.4 Å². The molecule has 11 aromatic carbocycles. The van der Waals surface area contributed by atoms with Gasteiger partial charge in [0.05, 0.1) is 11.4 Å². The van der Waals surface area contributed by atoms with E-state index in [2.05, 4.69) is 265 Å². The number of benzene rings is 11. The fraction of sp³-hybridized carbons (Fsp3) is 0. The molecule has 292 valence electrons. The van der Waals surface area contributed by atoms with Crippen LogP contribution < -0.4 is 9.80 Å². The summed E-state index contributed by atoms with van der Waals surface area (Å²) >= 11 is 0. The largest absolute Gasteiger partial charge is 0.310 e. The molecule has 2 heteroatoms. The molecule has 0 bridgehead atoms. The molecule has 0 saturated heterocycles. The van der Waals surface area contributed by atoms with Gasteiger partial charge in [-0.3, -0.25) is 0 Å². The van der Waals surface area contributed by atoms with Crippen molar-refractivity contribution >= 4 is 89.4 Å². The highest BCUT2D eigenvalue weighted by Crippen LogP contribution is 2.44. The van der Waals surface area contributed by atoms with Crippen LogP contribution in [0.15, 0.2) is 243 Å². The zero-order chi connectivity index (χ0) is 41.2. The Bertz CT molecular complexity index is 3370. The zero-order valence-electron chi connectivity index (χ0n) is 34.1. The third-order valence-corrected chi connectivity index (χ3v) is 12.0. The Labute approximate surface area is 362 Å². The monoisotopic (exact) mass is 790 g/mol. The summed E-state index contributed by atoms with van der Waals surface area (Å²) in [5.41, 5.74) is 11.5. The van der Waals surface area contributed by atoms with Gasteiger partial charge < -0.3 is 9.80 Å². The highest BCUT2D eigenvalue weighted by molar-refractivity contribution is 6.15. The van der Waals surface area contributed by atoms with Crippen molar-refractivity contribution in [2.75, 3.05) is 9.80 Å². The maximum Gasteiger partial charge on any atom is 0.0546 e. The van der Waals surface area contributed by atoms with Gasteiger partial charge >= 0.3 is 0 Å². The molecule has 0 unspecified atom stereocenters. The topological polar surface area (TPSA) is 6.48 Å². The van der Waals surface area contributed by atoms with Gasteiger partial charge in [-0.2, -0.15) is 0 Å². The summed E-state index contributed by atoms with van der Waals surface area (Å²) in [6.07, 6.45) is 4.39. The van der Waals surface area contributed by atoms with Crippen molar-refractivity contribution in [3.8, 4) is 11.1 Å². The molecular weight excluding hydrogens is 749 g/mol. The molecule has 0 aliphatic rings. The van der Waals surface area contributed by atoms with E-state index in [1.807, 2.05) is 0 Å². The van der Waals surface area contributed by atoms with Crippen molar-refractivity contribution in [1.29, 1.82) is 0 Å². The lowest BCUT2D eigenvalue weighted by molar-refractivity contribution is 1.30. The van der Waals surface area contributed by atoms with Crippen LogP contribution in [0.3, 0.4) is 0 Å². The van der Waals surface area contributed by atoms with Crippen LogP contribution in [-0.4, -0.2) is 0 Å². The lowest BCUT2D eigenvalue weighted by atomic mass is 9.98. The molecule has 0 aliphatic heterocycles. The van der Waals surface area contributed by atoms with E-state index in [-0.39, 0.29) is 0 Å². The van der Waals surface area contributed by atoms with Gasteiger partial charge in [-0.25, -0.2) is 0 Å². The molecule has 11 aromatic rings. The Hall–Kier alpha value is -8.20. The molecule has 0 N–H and O–H groups in total.